The van der Waals surface area contributed by atoms with Crippen LogP contribution < -0.4 is 4.74 Å². The zero-order valence-corrected chi connectivity index (χ0v) is 14.0. The zero-order chi connectivity index (χ0) is 17.0. The van der Waals surface area contributed by atoms with Crippen LogP contribution in [0.5, 0.6) is 5.75 Å². The maximum Gasteiger partial charge on any atom is 0.335 e. The highest BCUT2D eigenvalue weighted by Crippen LogP contribution is 2.25. The minimum Gasteiger partial charge on any atom is -0.491 e. The van der Waals surface area contributed by atoms with Crippen molar-refractivity contribution in [3.05, 3.63) is 29.8 Å². The summed E-state index contributed by atoms with van der Waals surface area (Å²) in [5.41, 5.74) is 0.237. The van der Waals surface area contributed by atoms with Gasteiger partial charge in [-0.15, -0.1) is 0 Å². The van der Waals surface area contributed by atoms with Crippen molar-refractivity contribution in [1.82, 2.24) is 4.90 Å². The number of amides is 1. The number of hydrogen-bond acceptors (Lipinski definition) is 3. The molecule has 1 aliphatic heterocycles. The molecule has 0 aromatic heterocycles. The van der Waals surface area contributed by atoms with Crippen LogP contribution in [0, 0.1) is 11.8 Å². The first kappa shape index (κ1) is 17.3. The van der Waals surface area contributed by atoms with Crippen molar-refractivity contribution in [2.24, 2.45) is 11.8 Å². The van der Waals surface area contributed by atoms with Gasteiger partial charge in [-0.25, -0.2) is 4.79 Å². The summed E-state index contributed by atoms with van der Waals surface area (Å²) < 4.78 is 5.77. The standard InChI is InChI=1S/C18H25NO4/c1-12(2)8-17(20)19-10-13(3)9-15(19)11-23-16-6-4-14(5-7-16)18(21)22/h4-7,12-13,15H,8-11H2,1-3H3,(H,21,22)/t13-,15-/m0/s1. The van der Waals surface area contributed by atoms with Crippen molar-refractivity contribution in [3.8, 4) is 5.75 Å². The molecule has 1 heterocycles. The minimum atomic E-state index is -0.952. The largest absolute Gasteiger partial charge is 0.491 e. The predicted octanol–water partition coefficient (Wildman–Crippen LogP) is 3.05. The molecule has 1 fully saturated rings. The fraction of sp³-hybridized carbons (Fsp3) is 0.556. The molecule has 2 rings (SSSR count). The van der Waals surface area contributed by atoms with Crippen LogP contribution in [0.1, 0.15) is 44.0 Å². The average molecular weight is 319 g/mol. The molecule has 5 heteroatoms. The van der Waals surface area contributed by atoms with Crippen molar-refractivity contribution in [2.75, 3.05) is 13.2 Å². The second-order valence-corrected chi connectivity index (χ2v) is 6.78. The van der Waals surface area contributed by atoms with E-state index in [1.165, 1.54) is 12.1 Å². The normalized spacial score (nSPS) is 20.8. The van der Waals surface area contributed by atoms with E-state index < -0.39 is 5.97 Å². The van der Waals surface area contributed by atoms with Crippen LogP contribution in [0.15, 0.2) is 24.3 Å². The number of nitrogens with zero attached hydrogens (tertiary/aromatic N) is 1. The van der Waals surface area contributed by atoms with Gasteiger partial charge in [0.25, 0.3) is 0 Å². The molecule has 1 aromatic carbocycles. The van der Waals surface area contributed by atoms with Gasteiger partial charge in [-0.1, -0.05) is 20.8 Å². The molecule has 1 aromatic rings. The van der Waals surface area contributed by atoms with Crippen molar-refractivity contribution < 1.29 is 19.4 Å². The van der Waals surface area contributed by atoms with Gasteiger partial charge < -0.3 is 14.7 Å². The van der Waals surface area contributed by atoms with Crippen LogP contribution in [0.4, 0.5) is 0 Å². The van der Waals surface area contributed by atoms with Gasteiger partial charge in [0.1, 0.15) is 12.4 Å². The van der Waals surface area contributed by atoms with E-state index in [2.05, 4.69) is 6.92 Å². The molecular weight excluding hydrogens is 294 g/mol. The topological polar surface area (TPSA) is 66.8 Å². The monoisotopic (exact) mass is 319 g/mol. The molecule has 0 aliphatic carbocycles. The Balaban J connectivity index is 1.94. The summed E-state index contributed by atoms with van der Waals surface area (Å²) in [5, 5.41) is 8.89. The number of carbonyl (C=O) groups is 2. The van der Waals surface area contributed by atoms with E-state index in [-0.39, 0.29) is 17.5 Å². The first-order valence-electron chi connectivity index (χ1n) is 8.12. The minimum absolute atomic E-state index is 0.0930. The SMILES string of the molecule is CC(C)CC(=O)N1C[C@@H](C)C[C@H]1COc1ccc(C(=O)O)cc1. The molecule has 126 valence electrons. The summed E-state index contributed by atoms with van der Waals surface area (Å²) in [6.45, 7) is 7.48. The highest BCUT2D eigenvalue weighted by Gasteiger charge is 2.33. The quantitative estimate of drug-likeness (QED) is 0.875. The van der Waals surface area contributed by atoms with Crippen LogP contribution in [0.3, 0.4) is 0 Å². The molecule has 0 bridgehead atoms. The van der Waals surface area contributed by atoms with Gasteiger partial charge >= 0.3 is 5.97 Å². The number of carboxylic acid groups (broad SMARTS) is 1. The Morgan fingerprint density at radius 3 is 2.52 bits per heavy atom. The van der Waals surface area contributed by atoms with E-state index in [0.717, 1.165) is 13.0 Å². The molecule has 2 atom stereocenters. The first-order valence-corrected chi connectivity index (χ1v) is 8.12. The lowest BCUT2D eigenvalue weighted by molar-refractivity contribution is -0.133. The maximum atomic E-state index is 12.3. The molecular formula is C18H25NO4. The second kappa shape index (κ2) is 7.49. The number of ether oxygens (including phenoxy) is 1. The average Bonchev–Trinajstić information content (AvgIpc) is 2.86. The van der Waals surface area contributed by atoms with Crippen LogP contribution in [0.25, 0.3) is 0 Å². The Labute approximate surface area is 137 Å². The van der Waals surface area contributed by atoms with Gasteiger partial charge in [-0.05, 0) is 42.5 Å². The Hall–Kier alpha value is -2.04. The molecule has 5 nitrogen and oxygen atoms in total. The van der Waals surface area contributed by atoms with Crippen molar-refractivity contribution in [3.63, 3.8) is 0 Å². The molecule has 1 N–H and O–H groups in total. The third-order valence-electron chi connectivity index (χ3n) is 4.07. The maximum absolute atomic E-state index is 12.3. The number of rotatable bonds is 6. The van der Waals surface area contributed by atoms with Gasteiger partial charge in [0.2, 0.25) is 5.91 Å². The summed E-state index contributed by atoms with van der Waals surface area (Å²) in [5.74, 6) is 0.703. The van der Waals surface area contributed by atoms with Crippen LogP contribution in [-0.4, -0.2) is 41.1 Å². The Morgan fingerprint density at radius 1 is 1.30 bits per heavy atom. The molecule has 23 heavy (non-hydrogen) atoms. The lowest BCUT2D eigenvalue weighted by Crippen LogP contribution is -2.39. The number of benzene rings is 1. The molecule has 0 unspecified atom stereocenters. The van der Waals surface area contributed by atoms with Gasteiger partial charge in [-0.3, -0.25) is 4.79 Å². The molecule has 1 amide bonds. The predicted molar refractivity (Wildman–Crippen MR) is 87.6 cm³/mol. The highest BCUT2D eigenvalue weighted by molar-refractivity contribution is 5.87. The molecule has 0 radical (unpaired) electrons. The Morgan fingerprint density at radius 2 is 1.96 bits per heavy atom. The number of carboxylic acids is 1. The smallest absolute Gasteiger partial charge is 0.335 e. The summed E-state index contributed by atoms with van der Waals surface area (Å²) in [6, 6.07) is 6.45. The fourth-order valence-electron chi connectivity index (χ4n) is 2.97. The van der Waals surface area contributed by atoms with Crippen LogP contribution in [-0.2, 0) is 4.79 Å². The van der Waals surface area contributed by atoms with E-state index in [1.54, 1.807) is 12.1 Å². The summed E-state index contributed by atoms with van der Waals surface area (Å²) in [6.07, 6.45) is 1.51. The molecule has 1 saturated heterocycles. The Bertz CT molecular complexity index is 553. The number of aromatic carboxylic acids is 1. The summed E-state index contributed by atoms with van der Waals surface area (Å²) >= 11 is 0. The number of hydrogen-bond donors (Lipinski definition) is 1. The molecule has 0 spiro atoms. The van der Waals surface area contributed by atoms with Crippen LogP contribution >= 0.6 is 0 Å². The first-order chi connectivity index (χ1) is 10.9. The number of carbonyl (C=O) groups excluding carboxylic acids is 1. The molecule has 1 aliphatic rings. The fourth-order valence-corrected chi connectivity index (χ4v) is 2.97. The van der Waals surface area contributed by atoms with Gasteiger partial charge in [0.05, 0.1) is 11.6 Å². The molecule has 0 saturated carbocycles. The van der Waals surface area contributed by atoms with Crippen LogP contribution in [0.2, 0.25) is 0 Å². The Kier molecular flexibility index (Phi) is 5.64. The third kappa shape index (κ3) is 4.71. The van der Waals surface area contributed by atoms with E-state index in [1.807, 2.05) is 18.7 Å². The second-order valence-electron chi connectivity index (χ2n) is 6.78. The summed E-state index contributed by atoms with van der Waals surface area (Å²) in [4.78, 5) is 25.1. The van der Waals surface area contributed by atoms with Gasteiger partial charge in [0, 0.05) is 13.0 Å². The lowest BCUT2D eigenvalue weighted by atomic mass is 10.1. The zero-order valence-electron chi connectivity index (χ0n) is 14.0. The van der Waals surface area contributed by atoms with Crippen molar-refractivity contribution >= 4 is 11.9 Å². The van der Waals surface area contributed by atoms with E-state index in [9.17, 15) is 9.59 Å². The number of likely N-dealkylation sites (tertiary alicyclic amines) is 1. The van der Waals surface area contributed by atoms with Crippen molar-refractivity contribution in [1.29, 1.82) is 0 Å². The van der Waals surface area contributed by atoms with E-state index >= 15 is 0 Å². The lowest BCUT2D eigenvalue weighted by Gasteiger charge is -2.25. The van der Waals surface area contributed by atoms with Gasteiger partial charge in [-0.2, -0.15) is 0 Å². The van der Waals surface area contributed by atoms with E-state index in [4.69, 9.17) is 9.84 Å². The van der Waals surface area contributed by atoms with Crippen molar-refractivity contribution in [2.45, 2.75) is 39.7 Å². The summed E-state index contributed by atoms with van der Waals surface area (Å²) in [7, 11) is 0. The van der Waals surface area contributed by atoms with Gasteiger partial charge in [0.15, 0.2) is 0 Å². The highest BCUT2D eigenvalue weighted by atomic mass is 16.5. The third-order valence-corrected chi connectivity index (χ3v) is 4.07. The van der Waals surface area contributed by atoms with E-state index in [0.29, 0.717) is 30.6 Å².